The fourth-order valence-electron chi connectivity index (χ4n) is 0.925. The molecule has 0 radical (unpaired) electrons. The summed E-state index contributed by atoms with van der Waals surface area (Å²) in [6.07, 6.45) is 1.74. The first kappa shape index (κ1) is 12.5. The molecule has 0 spiro atoms. The molecule has 0 N–H and O–H groups in total. The van der Waals surface area contributed by atoms with Gasteiger partial charge in [0, 0.05) is 6.20 Å². The van der Waals surface area contributed by atoms with Gasteiger partial charge in [-0.1, -0.05) is 6.07 Å². The van der Waals surface area contributed by atoms with E-state index in [9.17, 15) is 0 Å². The number of hydrogen-bond donors (Lipinski definition) is 0. The summed E-state index contributed by atoms with van der Waals surface area (Å²) in [5.41, 5.74) is 0.879. The average Bonchev–Trinajstić information content (AvgIpc) is 2.28. The topological polar surface area (TPSA) is 40.6 Å². The van der Waals surface area contributed by atoms with Gasteiger partial charge in [0.05, 0.1) is 25.5 Å². The molecule has 0 bridgehead atoms. The Morgan fingerprint density at radius 1 is 1.13 bits per heavy atom. The maximum Gasteiger partial charge on any atom is 0.333 e. The monoisotopic (exact) mass is 229 g/mol. The van der Waals surface area contributed by atoms with E-state index in [-0.39, 0.29) is 0 Å². The van der Waals surface area contributed by atoms with E-state index in [0.717, 1.165) is 5.69 Å². The van der Waals surface area contributed by atoms with E-state index in [0.29, 0.717) is 19.8 Å². The van der Waals surface area contributed by atoms with Gasteiger partial charge in [0.1, 0.15) is 0 Å². The Labute approximate surface area is 91.6 Å². The van der Waals surface area contributed by atoms with Gasteiger partial charge in [-0.25, -0.2) is 0 Å². The molecule has 0 saturated heterocycles. The van der Waals surface area contributed by atoms with E-state index >= 15 is 0 Å². The van der Waals surface area contributed by atoms with Crippen molar-refractivity contribution in [2.45, 2.75) is 20.5 Å². The minimum absolute atomic E-state index is 0.423. The fourth-order valence-corrected chi connectivity index (χ4v) is 1.81. The second kappa shape index (κ2) is 7.71. The third-order valence-corrected chi connectivity index (χ3v) is 2.79. The smallest absolute Gasteiger partial charge is 0.313 e. The zero-order chi connectivity index (χ0) is 10.9. The zero-order valence-electron chi connectivity index (χ0n) is 9.05. The molecule has 5 heteroatoms. The first-order valence-electron chi connectivity index (χ1n) is 4.95. The van der Waals surface area contributed by atoms with Crippen molar-refractivity contribution in [3.05, 3.63) is 30.1 Å². The lowest BCUT2D eigenvalue weighted by atomic mass is 10.4. The van der Waals surface area contributed by atoms with Crippen LogP contribution in [-0.4, -0.2) is 18.2 Å². The van der Waals surface area contributed by atoms with Crippen LogP contribution in [-0.2, 0) is 20.2 Å². The fraction of sp³-hybridized carbons (Fsp3) is 0.500. The van der Waals surface area contributed by atoms with Crippen LogP contribution in [0.3, 0.4) is 0 Å². The minimum atomic E-state index is -1.22. The minimum Gasteiger partial charge on any atom is -0.313 e. The molecule has 0 aliphatic carbocycles. The van der Waals surface area contributed by atoms with Gasteiger partial charge < -0.3 is 13.6 Å². The summed E-state index contributed by atoms with van der Waals surface area (Å²) in [5.74, 6) is 0. The zero-order valence-corrected chi connectivity index (χ0v) is 9.94. The maximum absolute atomic E-state index is 5.47. The highest BCUT2D eigenvalue weighted by molar-refractivity contribution is 7.41. The van der Waals surface area contributed by atoms with Crippen LogP contribution in [0.4, 0.5) is 0 Å². The molecule has 0 aromatic carbocycles. The Kier molecular flexibility index (Phi) is 6.44. The van der Waals surface area contributed by atoms with E-state index in [1.807, 2.05) is 32.0 Å². The highest BCUT2D eigenvalue weighted by Crippen LogP contribution is 2.39. The number of hydrogen-bond acceptors (Lipinski definition) is 4. The number of rotatable bonds is 7. The molecule has 4 nitrogen and oxygen atoms in total. The average molecular weight is 229 g/mol. The standard InChI is InChI=1S/C10H16NO3P/c1-3-12-15(13-4-2)14-9-10-7-5-6-8-11-10/h5-8H,3-4,9H2,1-2H3. The molecule has 0 fully saturated rings. The van der Waals surface area contributed by atoms with Gasteiger partial charge in [-0.15, -0.1) is 0 Å². The van der Waals surface area contributed by atoms with Crippen LogP contribution in [0, 0.1) is 0 Å². The SMILES string of the molecule is CCOP(OCC)OCc1ccccn1. The summed E-state index contributed by atoms with van der Waals surface area (Å²) in [7, 11) is -1.22. The largest absolute Gasteiger partial charge is 0.333 e. The molecular formula is C10H16NO3P. The second-order valence-electron chi connectivity index (χ2n) is 2.65. The van der Waals surface area contributed by atoms with Crippen LogP contribution in [0.15, 0.2) is 24.4 Å². The second-order valence-corrected chi connectivity index (χ2v) is 3.88. The summed E-state index contributed by atoms with van der Waals surface area (Å²) < 4.78 is 16.1. The predicted molar refractivity (Wildman–Crippen MR) is 59.2 cm³/mol. The van der Waals surface area contributed by atoms with Crippen molar-refractivity contribution in [2.75, 3.05) is 13.2 Å². The van der Waals surface area contributed by atoms with Gasteiger partial charge >= 0.3 is 8.60 Å². The van der Waals surface area contributed by atoms with Crippen LogP contribution >= 0.6 is 8.60 Å². The summed E-state index contributed by atoms with van der Waals surface area (Å²) in [6.45, 7) is 5.44. The molecule has 84 valence electrons. The quantitative estimate of drug-likeness (QED) is 0.674. The molecule has 0 saturated carbocycles. The van der Waals surface area contributed by atoms with Gasteiger partial charge in [-0.2, -0.15) is 0 Å². The summed E-state index contributed by atoms with van der Waals surface area (Å²) in [4.78, 5) is 4.15. The van der Waals surface area contributed by atoms with Gasteiger partial charge in [-0.3, -0.25) is 4.98 Å². The van der Waals surface area contributed by atoms with Crippen LogP contribution in [0.1, 0.15) is 19.5 Å². The van der Waals surface area contributed by atoms with Gasteiger partial charge in [0.25, 0.3) is 0 Å². The van der Waals surface area contributed by atoms with Gasteiger partial charge in [-0.05, 0) is 26.0 Å². The van der Waals surface area contributed by atoms with Crippen molar-refractivity contribution in [1.29, 1.82) is 0 Å². The van der Waals surface area contributed by atoms with Crippen molar-refractivity contribution in [1.82, 2.24) is 4.98 Å². The molecule has 0 atom stereocenters. The lowest BCUT2D eigenvalue weighted by Gasteiger charge is -2.14. The van der Waals surface area contributed by atoms with E-state index in [1.165, 1.54) is 0 Å². The lowest BCUT2D eigenvalue weighted by molar-refractivity contribution is 0.163. The molecule has 0 unspecified atom stereocenters. The molecule has 0 aliphatic heterocycles. The van der Waals surface area contributed by atoms with E-state index < -0.39 is 8.60 Å². The molecule has 1 heterocycles. The molecule has 1 aromatic heterocycles. The summed E-state index contributed by atoms with van der Waals surface area (Å²) in [6, 6.07) is 5.71. The lowest BCUT2D eigenvalue weighted by Crippen LogP contribution is -1.97. The Morgan fingerprint density at radius 2 is 1.87 bits per heavy atom. The normalized spacial score (nSPS) is 10.9. The summed E-state index contributed by atoms with van der Waals surface area (Å²) in [5, 5.41) is 0. The summed E-state index contributed by atoms with van der Waals surface area (Å²) >= 11 is 0. The van der Waals surface area contributed by atoms with Crippen molar-refractivity contribution in [3.8, 4) is 0 Å². The first-order valence-corrected chi connectivity index (χ1v) is 6.05. The van der Waals surface area contributed by atoms with Crippen molar-refractivity contribution < 1.29 is 13.6 Å². The van der Waals surface area contributed by atoms with Crippen molar-refractivity contribution >= 4 is 8.60 Å². The number of nitrogens with zero attached hydrogens (tertiary/aromatic N) is 1. The third kappa shape index (κ3) is 5.19. The third-order valence-electron chi connectivity index (χ3n) is 1.51. The molecule has 1 rings (SSSR count). The maximum atomic E-state index is 5.47. The predicted octanol–water partition coefficient (Wildman–Crippen LogP) is 2.90. The van der Waals surface area contributed by atoms with Crippen LogP contribution < -0.4 is 0 Å². The van der Waals surface area contributed by atoms with Crippen molar-refractivity contribution in [2.24, 2.45) is 0 Å². The molecule has 0 aliphatic rings. The Hall–Kier alpha value is -0.540. The number of pyridine rings is 1. The van der Waals surface area contributed by atoms with Crippen LogP contribution in [0.2, 0.25) is 0 Å². The van der Waals surface area contributed by atoms with Gasteiger partial charge in [0.2, 0.25) is 0 Å². The molecule has 15 heavy (non-hydrogen) atoms. The van der Waals surface area contributed by atoms with Crippen molar-refractivity contribution in [3.63, 3.8) is 0 Å². The van der Waals surface area contributed by atoms with E-state index in [1.54, 1.807) is 6.20 Å². The van der Waals surface area contributed by atoms with Gasteiger partial charge in [0.15, 0.2) is 0 Å². The molecular weight excluding hydrogens is 213 g/mol. The molecule has 0 amide bonds. The highest BCUT2D eigenvalue weighted by atomic mass is 31.2. The van der Waals surface area contributed by atoms with Crippen LogP contribution in [0.5, 0.6) is 0 Å². The highest BCUT2D eigenvalue weighted by Gasteiger charge is 2.10. The Bertz CT molecular complexity index is 252. The van der Waals surface area contributed by atoms with E-state index in [2.05, 4.69) is 4.98 Å². The molecule has 1 aromatic rings. The van der Waals surface area contributed by atoms with Crippen LogP contribution in [0.25, 0.3) is 0 Å². The first-order chi connectivity index (χ1) is 7.36. The Balaban J connectivity index is 2.33. The number of aromatic nitrogens is 1. The van der Waals surface area contributed by atoms with E-state index in [4.69, 9.17) is 13.6 Å². The Morgan fingerprint density at radius 3 is 2.40 bits per heavy atom.